The lowest BCUT2D eigenvalue weighted by Crippen LogP contribution is -3.11. The highest BCUT2D eigenvalue weighted by Gasteiger charge is 2.18. The van der Waals surface area contributed by atoms with Crippen LogP contribution in [0.5, 0.6) is 0 Å². The Morgan fingerprint density at radius 3 is 3.06 bits per heavy atom. The van der Waals surface area contributed by atoms with Gasteiger partial charge in [0.05, 0.1) is 19.3 Å². The summed E-state index contributed by atoms with van der Waals surface area (Å²) in [6, 6.07) is 3.92. The van der Waals surface area contributed by atoms with Crippen LogP contribution in [0, 0.1) is 0 Å². The number of thiophene rings is 1. The molecule has 4 nitrogen and oxygen atoms in total. The predicted molar refractivity (Wildman–Crippen MR) is 64.9 cm³/mol. The zero-order valence-electron chi connectivity index (χ0n) is 9.11. The molecule has 2 rings (SSSR count). The third kappa shape index (κ3) is 3.43. The second-order valence-corrected chi connectivity index (χ2v) is 4.92. The molecule has 0 unspecified atom stereocenters. The Kier molecular flexibility index (Phi) is 4.07. The second-order valence-electron chi connectivity index (χ2n) is 3.94. The van der Waals surface area contributed by atoms with Crippen LogP contribution in [0.2, 0.25) is 0 Å². The first kappa shape index (κ1) is 11.3. The third-order valence-electron chi connectivity index (χ3n) is 2.65. The number of hydrogen-bond donors (Lipinski definition) is 2. The molecule has 0 aromatic carbocycles. The topological polar surface area (TPSA) is 45.9 Å². The van der Waals surface area contributed by atoms with Crippen molar-refractivity contribution in [2.24, 2.45) is 5.10 Å². The maximum Gasteiger partial charge on any atom is 0.295 e. The minimum Gasteiger partial charge on any atom is -0.327 e. The van der Waals surface area contributed by atoms with E-state index in [1.165, 1.54) is 17.7 Å². The van der Waals surface area contributed by atoms with Crippen LogP contribution in [0.1, 0.15) is 17.7 Å². The smallest absolute Gasteiger partial charge is 0.295 e. The van der Waals surface area contributed by atoms with Gasteiger partial charge in [-0.15, -0.1) is 11.3 Å². The van der Waals surface area contributed by atoms with Crippen LogP contribution in [0.4, 0.5) is 0 Å². The van der Waals surface area contributed by atoms with Crippen LogP contribution in [0.15, 0.2) is 22.6 Å². The lowest BCUT2D eigenvalue weighted by atomic mass is 10.4. The molecule has 0 spiro atoms. The molecule has 86 valence electrons. The van der Waals surface area contributed by atoms with E-state index in [-0.39, 0.29) is 5.91 Å². The van der Waals surface area contributed by atoms with Crippen molar-refractivity contribution in [3.05, 3.63) is 22.4 Å². The van der Waals surface area contributed by atoms with Gasteiger partial charge >= 0.3 is 0 Å². The van der Waals surface area contributed by atoms with Crippen LogP contribution in [0.25, 0.3) is 0 Å². The Morgan fingerprint density at radius 2 is 2.38 bits per heavy atom. The van der Waals surface area contributed by atoms with Gasteiger partial charge in [-0.25, -0.2) is 5.43 Å². The van der Waals surface area contributed by atoms with E-state index in [1.54, 1.807) is 17.6 Å². The molecule has 2 N–H and O–H groups in total. The van der Waals surface area contributed by atoms with Crippen LogP contribution < -0.4 is 10.3 Å². The van der Waals surface area contributed by atoms with E-state index in [2.05, 4.69) is 10.5 Å². The van der Waals surface area contributed by atoms with E-state index in [0.29, 0.717) is 6.54 Å². The molecular formula is C11H16N3OS+. The first-order valence-corrected chi connectivity index (χ1v) is 6.41. The molecule has 5 heteroatoms. The van der Waals surface area contributed by atoms with Crippen LogP contribution in [-0.4, -0.2) is 31.8 Å². The molecule has 1 fully saturated rings. The van der Waals surface area contributed by atoms with E-state index in [4.69, 9.17) is 0 Å². The quantitative estimate of drug-likeness (QED) is 0.557. The van der Waals surface area contributed by atoms with Crippen LogP contribution in [-0.2, 0) is 4.79 Å². The van der Waals surface area contributed by atoms with E-state index in [9.17, 15) is 4.79 Å². The number of hydrogen-bond acceptors (Lipinski definition) is 3. The molecule has 0 atom stereocenters. The number of hydrazone groups is 1. The SMILES string of the molecule is O=C(C[NH+]1CCCC1)N/N=C\c1cccs1. The molecule has 1 amide bonds. The summed E-state index contributed by atoms with van der Waals surface area (Å²) >= 11 is 1.60. The first-order chi connectivity index (χ1) is 7.84. The van der Waals surface area contributed by atoms with Crippen molar-refractivity contribution in [2.75, 3.05) is 19.6 Å². The lowest BCUT2D eigenvalue weighted by molar-refractivity contribution is -0.879. The normalized spacial score (nSPS) is 17.0. The second kappa shape index (κ2) is 5.77. The summed E-state index contributed by atoms with van der Waals surface area (Å²) in [5.74, 6) is 0.00436. The van der Waals surface area contributed by atoms with Crippen molar-refractivity contribution in [1.29, 1.82) is 0 Å². The largest absolute Gasteiger partial charge is 0.327 e. The highest BCUT2D eigenvalue weighted by Crippen LogP contribution is 2.03. The fourth-order valence-electron chi connectivity index (χ4n) is 1.85. The van der Waals surface area contributed by atoms with Crippen molar-refractivity contribution < 1.29 is 9.69 Å². The Bertz CT molecular complexity index is 355. The van der Waals surface area contributed by atoms with Gasteiger partial charge in [0.15, 0.2) is 6.54 Å². The van der Waals surface area contributed by atoms with Gasteiger partial charge in [0, 0.05) is 17.7 Å². The molecule has 2 heterocycles. The molecule has 1 aromatic rings. The van der Waals surface area contributed by atoms with Gasteiger partial charge in [-0.05, 0) is 11.4 Å². The number of likely N-dealkylation sites (tertiary alicyclic amines) is 1. The van der Waals surface area contributed by atoms with Crippen molar-refractivity contribution >= 4 is 23.5 Å². The average molecular weight is 238 g/mol. The van der Waals surface area contributed by atoms with Crippen molar-refractivity contribution in [3.8, 4) is 0 Å². The zero-order chi connectivity index (χ0) is 11.2. The molecular weight excluding hydrogens is 222 g/mol. The van der Waals surface area contributed by atoms with Gasteiger partial charge in [-0.1, -0.05) is 6.07 Å². The fourth-order valence-corrected chi connectivity index (χ4v) is 2.44. The van der Waals surface area contributed by atoms with Gasteiger partial charge < -0.3 is 4.90 Å². The Balaban J connectivity index is 1.71. The molecule has 1 aromatic heterocycles. The molecule has 0 radical (unpaired) electrons. The monoisotopic (exact) mass is 238 g/mol. The summed E-state index contributed by atoms with van der Waals surface area (Å²) in [6.07, 6.45) is 4.16. The van der Waals surface area contributed by atoms with Crippen molar-refractivity contribution in [1.82, 2.24) is 5.43 Å². The maximum absolute atomic E-state index is 11.5. The Morgan fingerprint density at radius 1 is 1.56 bits per heavy atom. The standard InChI is InChI=1S/C11H15N3OS/c15-11(9-14-5-1-2-6-14)13-12-8-10-4-3-7-16-10/h3-4,7-8H,1-2,5-6,9H2,(H,13,15)/p+1/b12-8-. The molecule has 0 aliphatic carbocycles. The summed E-state index contributed by atoms with van der Waals surface area (Å²) in [4.78, 5) is 13.9. The Hall–Kier alpha value is -1.20. The van der Waals surface area contributed by atoms with Crippen molar-refractivity contribution in [2.45, 2.75) is 12.8 Å². The lowest BCUT2D eigenvalue weighted by Gasteiger charge is -2.09. The minimum absolute atomic E-state index is 0.00436. The van der Waals surface area contributed by atoms with Crippen LogP contribution >= 0.6 is 11.3 Å². The number of nitrogens with zero attached hydrogens (tertiary/aromatic N) is 1. The third-order valence-corrected chi connectivity index (χ3v) is 3.45. The highest BCUT2D eigenvalue weighted by molar-refractivity contribution is 7.11. The summed E-state index contributed by atoms with van der Waals surface area (Å²) in [7, 11) is 0. The Labute approximate surface area is 99.0 Å². The first-order valence-electron chi connectivity index (χ1n) is 5.53. The summed E-state index contributed by atoms with van der Waals surface area (Å²) < 4.78 is 0. The number of amides is 1. The fraction of sp³-hybridized carbons (Fsp3) is 0.455. The zero-order valence-corrected chi connectivity index (χ0v) is 9.93. The summed E-state index contributed by atoms with van der Waals surface area (Å²) in [5.41, 5.74) is 2.56. The maximum atomic E-state index is 11.5. The van der Waals surface area contributed by atoms with E-state index < -0.39 is 0 Å². The average Bonchev–Trinajstić information content (AvgIpc) is 2.90. The highest BCUT2D eigenvalue weighted by atomic mass is 32.1. The number of nitrogens with one attached hydrogen (secondary N) is 2. The molecule has 1 aliphatic heterocycles. The minimum atomic E-state index is 0.00436. The summed E-state index contributed by atoms with van der Waals surface area (Å²) in [5, 5.41) is 5.91. The molecule has 1 saturated heterocycles. The van der Waals surface area contributed by atoms with Crippen molar-refractivity contribution in [3.63, 3.8) is 0 Å². The van der Waals surface area contributed by atoms with Gasteiger partial charge in [0.25, 0.3) is 5.91 Å². The molecule has 1 aliphatic rings. The van der Waals surface area contributed by atoms with E-state index in [1.807, 2.05) is 17.5 Å². The number of quaternary nitrogens is 1. The van der Waals surface area contributed by atoms with Gasteiger partial charge in [-0.3, -0.25) is 4.79 Å². The van der Waals surface area contributed by atoms with Gasteiger partial charge in [0.1, 0.15) is 0 Å². The van der Waals surface area contributed by atoms with Crippen LogP contribution in [0.3, 0.4) is 0 Å². The van der Waals surface area contributed by atoms with Gasteiger partial charge in [-0.2, -0.15) is 5.10 Å². The van der Waals surface area contributed by atoms with Gasteiger partial charge in [0.2, 0.25) is 0 Å². The number of carbonyl (C=O) groups is 1. The summed E-state index contributed by atoms with van der Waals surface area (Å²) in [6.45, 7) is 2.77. The molecule has 16 heavy (non-hydrogen) atoms. The van der Waals surface area contributed by atoms with E-state index in [0.717, 1.165) is 18.0 Å². The predicted octanol–water partition coefficient (Wildman–Crippen LogP) is -0.123. The van der Waals surface area contributed by atoms with E-state index >= 15 is 0 Å². The number of rotatable bonds is 4. The molecule has 0 bridgehead atoms. The number of carbonyl (C=O) groups excluding carboxylic acids is 1. The molecule has 0 saturated carbocycles.